The zero-order chi connectivity index (χ0) is 10.0. The molecule has 0 spiro atoms. The Bertz CT molecular complexity index is 292. The summed E-state index contributed by atoms with van der Waals surface area (Å²) in [6.07, 6.45) is 1.89. The van der Waals surface area contributed by atoms with Crippen LogP contribution in [0.3, 0.4) is 0 Å². The fourth-order valence-corrected chi connectivity index (χ4v) is 1.60. The van der Waals surface area contributed by atoms with Crippen molar-refractivity contribution >= 4 is 11.6 Å². The summed E-state index contributed by atoms with van der Waals surface area (Å²) in [5, 5.41) is 0.591. The first-order valence-corrected chi connectivity index (χ1v) is 5.05. The maximum absolute atomic E-state index is 5.85. The Morgan fingerprint density at radius 2 is 1.62 bits per heavy atom. The lowest BCUT2D eigenvalue weighted by atomic mass is 9.93. The normalized spacial score (nSPS) is 11.3. The van der Waals surface area contributed by atoms with Gasteiger partial charge in [0.25, 0.3) is 0 Å². The second kappa shape index (κ2) is 4.10. The molecule has 0 unspecified atom stereocenters. The molecular formula is C11H16ClN. The first-order valence-electron chi connectivity index (χ1n) is 4.67. The summed E-state index contributed by atoms with van der Waals surface area (Å²) < 4.78 is 0. The number of aromatic nitrogens is 1. The van der Waals surface area contributed by atoms with E-state index in [2.05, 4.69) is 32.7 Å². The lowest BCUT2D eigenvalue weighted by Gasteiger charge is -2.15. The average Bonchev–Trinajstić information content (AvgIpc) is 2.03. The van der Waals surface area contributed by atoms with Crippen LogP contribution >= 0.6 is 11.6 Å². The van der Waals surface area contributed by atoms with Crippen LogP contribution in [-0.2, 0) is 0 Å². The first-order chi connectivity index (χ1) is 6.02. The van der Waals surface area contributed by atoms with Gasteiger partial charge in [-0.1, -0.05) is 39.3 Å². The van der Waals surface area contributed by atoms with Gasteiger partial charge >= 0.3 is 0 Å². The Morgan fingerprint density at radius 1 is 1.08 bits per heavy atom. The van der Waals surface area contributed by atoms with Gasteiger partial charge < -0.3 is 0 Å². The highest BCUT2D eigenvalue weighted by Gasteiger charge is 2.10. The molecule has 0 amide bonds. The van der Waals surface area contributed by atoms with Gasteiger partial charge in [-0.05, 0) is 29.0 Å². The van der Waals surface area contributed by atoms with Crippen LogP contribution in [0.25, 0.3) is 0 Å². The molecule has 0 saturated heterocycles. The predicted octanol–water partition coefficient (Wildman–Crippen LogP) is 3.98. The summed E-state index contributed by atoms with van der Waals surface area (Å²) in [5.74, 6) is 1.03. The van der Waals surface area contributed by atoms with Crippen LogP contribution in [0.1, 0.15) is 50.7 Å². The van der Waals surface area contributed by atoms with Gasteiger partial charge in [0.2, 0.25) is 0 Å². The molecule has 2 heteroatoms. The number of rotatable bonds is 2. The van der Waals surface area contributed by atoms with E-state index in [1.54, 1.807) is 0 Å². The smallest absolute Gasteiger partial charge is 0.129 e. The van der Waals surface area contributed by atoms with Crippen LogP contribution < -0.4 is 0 Å². The van der Waals surface area contributed by atoms with E-state index in [1.807, 2.05) is 12.3 Å². The summed E-state index contributed by atoms with van der Waals surface area (Å²) in [4.78, 5) is 4.11. The van der Waals surface area contributed by atoms with Crippen molar-refractivity contribution in [2.45, 2.75) is 39.5 Å². The van der Waals surface area contributed by atoms with Crippen molar-refractivity contribution in [3.63, 3.8) is 0 Å². The third kappa shape index (κ3) is 2.44. The molecule has 0 bridgehead atoms. The molecular weight excluding hydrogens is 182 g/mol. The molecule has 0 aromatic carbocycles. The second-order valence-electron chi connectivity index (χ2n) is 3.95. The molecule has 1 nitrogen and oxygen atoms in total. The Balaban J connectivity index is 3.19. The van der Waals surface area contributed by atoms with Gasteiger partial charge in [0, 0.05) is 6.20 Å². The van der Waals surface area contributed by atoms with Crippen LogP contribution in [0.5, 0.6) is 0 Å². The van der Waals surface area contributed by atoms with Crippen molar-refractivity contribution in [3.05, 3.63) is 28.5 Å². The number of pyridine rings is 1. The number of hydrogen-bond donors (Lipinski definition) is 0. The average molecular weight is 198 g/mol. The molecule has 0 N–H and O–H groups in total. The van der Waals surface area contributed by atoms with Crippen molar-refractivity contribution in [2.75, 3.05) is 0 Å². The largest absolute Gasteiger partial charge is 0.244 e. The van der Waals surface area contributed by atoms with Gasteiger partial charge in [0.05, 0.1) is 0 Å². The zero-order valence-electron chi connectivity index (χ0n) is 8.63. The highest BCUT2D eigenvalue weighted by molar-refractivity contribution is 6.29. The summed E-state index contributed by atoms with van der Waals surface area (Å²) in [6, 6.07) is 1.97. The van der Waals surface area contributed by atoms with Crippen LogP contribution in [0.4, 0.5) is 0 Å². The standard InChI is InChI=1S/C11H16ClN/c1-7(2)9-5-11(12)13-6-10(9)8(3)4/h5-8H,1-4H3. The molecule has 1 aromatic rings. The molecule has 0 aliphatic heterocycles. The Labute approximate surface area is 85.1 Å². The van der Waals surface area contributed by atoms with Crippen molar-refractivity contribution < 1.29 is 0 Å². The SMILES string of the molecule is CC(C)c1cnc(Cl)cc1C(C)C. The predicted molar refractivity (Wildman–Crippen MR) is 57.4 cm³/mol. The van der Waals surface area contributed by atoms with Gasteiger partial charge in [-0.15, -0.1) is 0 Å². The minimum atomic E-state index is 0.512. The Morgan fingerprint density at radius 3 is 2.08 bits per heavy atom. The zero-order valence-corrected chi connectivity index (χ0v) is 9.39. The highest BCUT2D eigenvalue weighted by Crippen LogP contribution is 2.26. The molecule has 72 valence electrons. The van der Waals surface area contributed by atoms with E-state index >= 15 is 0 Å². The fraction of sp³-hybridized carbons (Fsp3) is 0.545. The molecule has 0 atom stereocenters. The molecule has 0 aliphatic rings. The van der Waals surface area contributed by atoms with Crippen molar-refractivity contribution in [1.29, 1.82) is 0 Å². The van der Waals surface area contributed by atoms with Crippen LogP contribution in [0.2, 0.25) is 5.15 Å². The van der Waals surface area contributed by atoms with Crippen LogP contribution in [-0.4, -0.2) is 4.98 Å². The summed E-state index contributed by atoms with van der Waals surface area (Å²) in [6.45, 7) is 8.71. The van der Waals surface area contributed by atoms with E-state index in [0.717, 1.165) is 0 Å². The van der Waals surface area contributed by atoms with Crippen LogP contribution in [0, 0.1) is 0 Å². The van der Waals surface area contributed by atoms with E-state index in [4.69, 9.17) is 11.6 Å². The van der Waals surface area contributed by atoms with Crippen molar-refractivity contribution in [3.8, 4) is 0 Å². The van der Waals surface area contributed by atoms with Gasteiger partial charge in [0.15, 0.2) is 0 Å². The summed E-state index contributed by atoms with van der Waals surface area (Å²) in [7, 11) is 0. The maximum Gasteiger partial charge on any atom is 0.129 e. The summed E-state index contributed by atoms with van der Waals surface area (Å²) in [5.41, 5.74) is 2.62. The lowest BCUT2D eigenvalue weighted by molar-refractivity contribution is 0.783. The van der Waals surface area contributed by atoms with Gasteiger partial charge in [-0.3, -0.25) is 0 Å². The van der Waals surface area contributed by atoms with Gasteiger partial charge in [-0.2, -0.15) is 0 Å². The minimum Gasteiger partial charge on any atom is -0.244 e. The third-order valence-corrected chi connectivity index (χ3v) is 2.39. The number of hydrogen-bond acceptors (Lipinski definition) is 1. The second-order valence-corrected chi connectivity index (χ2v) is 4.33. The van der Waals surface area contributed by atoms with E-state index < -0.39 is 0 Å². The molecule has 0 aliphatic carbocycles. The third-order valence-electron chi connectivity index (χ3n) is 2.18. The number of nitrogens with zero attached hydrogens (tertiary/aromatic N) is 1. The number of halogens is 1. The topological polar surface area (TPSA) is 12.9 Å². The Hall–Kier alpha value is -0.560. The van der Waals surface area contributed by atoms with E-state index in [1.165, 1.54) is 11.1 Å². The van der Waals surface area contributed by atoms with Gasteiger partial charge in [-0.25, -0.2) is 4.98 Å². The molecule has 13 heavy (non-hydrogen) atoms. The van der Waals surface area contributed by atoms with E-state index in [0.29, 0.717) is 17.0 Å². The fourth-order valence-electron chi connectivity index (χ4n) is 1.44. The first kappa shape index (κ1) is 10.5. The quantitative estimate of drug-likeness (QED) is 0.654. The molecule has 1 heterocycles. The van der Waals surface area contributed by atoms with Gasteiger partial charge in [0.1, 0.15) is 5.15 Å². The maximum atomic E-state index is 5.85. The lowest BCUT2D eigenvalue weighted by Crippen LogP contribution is -1.99. The van der Waals surface area contributed by atoms with Crippen molar-refractivity contribution in [2.24, 2.45) is 0 Å². The minimum absolute atomic E-state index is 0.512. The molecule has 0 saturated carbocycles. The Kier molecular flexibility index (Phi) is 3.32. The van der Waals surface area contributed by atoms with Crippen molar-refractivity contribution in [1.82, 2.24) is 4.98 Å². The van der Waals surface area contributed by atoms with E-state index in [-0.39, 0.29) is 0 Å². The molecule has 0 radical (unpaired) electrons. The summed E-state index contributed by atoms with van der Waals surface area (Å²) >= 11 is 5.85. The van der Waals surface area contributed by atoms with Crippen LogP contribution in [0.15, 0.2) is 12.3 Å². The molecule has 1 aromatic heterocycles. The monoisotopic (exact) mass is 197 g/mol. The highest BCUT2D eigenvalue weighted by atomic mass is 35.5. The van der Waals surface area contributed by atoms with E-state index in [9.17, 15) is 0 Å². The molecule has 0 fully saturated rings. The molecule has 1 rings (SSSR count).